The number of anilines is 1. The molecule has 0 radical (unpaired) electrons. The first-order chi connectivity index (χ1) is 7.81. The van der Waals surface area contributed by atoms with E-state index in [2.05, 4.69) is 36.1 Å². The van der Waals surface area contributed by atoms with E-state index in [0.29, 0.717) is 24.7 Å². The van der Waals surface area contributed by atoms with Crippen molar-refractivity contribution in [3.8, 4) is 0 Å². The zero-order valence-corrected chi connectivity index (χ0v) is 9.60. The van der Waals surface area contributed by atoms with Crippen molar-refractivity contribution < 1.29 is 4.74 Å². The van der Waals surface area contributed by atoms with Gasteiger partial charge < -0.3 is 15.4 Å². The number of ether oxygens (including phenoxy) is 1. The summed E-state index contributed by atoms with van der Waals surface area (Å²) in [6.45, 7) is 3.70. The van der Waals surface area contributed by atoms with E-state index in [1.807, 2.05) is 0 Å². The molecule has 3 rings (SSSR count). The van der Waals surface area contributed by atoms with Gasteiger partial charge in [-0.25, -0.2) is 0 Å². The SMILES string of the molecule is Cc1ccccc1N1C2COC(C2)C1CN. The molecule has 3 atom stereocenters. The quantitative estimate of drug-likeness (QED) is 0.813. The Morgan fingerprint density at radius 3 is 3.00 bits per heavy atom. The highest BCUT2D eigenvalue weighted by Gasteiger charge is 2.46. The number of rotatable bonds is 2. The van der Waals surface area contributed by atoms with Crippen LogP contribution in [0, 0.1) is 6.92 Å². The van der Waals surface area contributed by atoms with E-state index in [4.69, 9.17) is 10.5 Å². The number of para-hydroxylation sites is 1. The third kappa shape index (κ3) is 1.35. The molecule has 1 aromatic rings. The summed E-state index contributed by atoms with van der Waals surface area (Å²) in [4.78, 5) is 2.48. The molecule has 0 amide bonds. The average Bonchev–Trinajstić information content (AvgIpc) is 2.89. The summed E-state index contributed by atoms with van der Waals surface area (Å²) in [6, 6.07) is 9.43. The maximum absolute atomic E-state index is 5.88. The van der Waals surface area contributed by atoms with Crippen LogP contribution in [0.3, 0.4) is 0 Å². The van der Waals surface area contributed by atoms with Crippen molar-refractivity contribution in [2.24, 2.45) is 5.73 Å². The van der Waals surface area contributed by atoms with Gasteiger partial charge in [-0.1, -0.05) is 18.2 Å². The molecule has 86 valence electrons. The first-order valence-corrected chi connectivity index (χ1v) is 5.97. The molecule has 3 unspecified atom stereocenters. The smallest absolute Gasteiger partial charge is 0.0812 e. The number of morpholine rings is 1. The molecule has 2 N–H and O–H groups in total. The summed E-state index contributed by atoms with van der Waals surface area (Å²) in [5.41, 5.74) is 8.53. The Morgan fingerprint density at radius 1 is 1.44 bits per heavy atom. The molecule has 1 aromatic carbocycles. The van der Waals surface area contributed by atoms with Gasteiger partial charge in [-0.2, -0.15) is 0 Å². The van der Waals surface area contributed by atoms with Crippen LogP contribution in [0.2, 0.25) is 0 Å². The van der Waals surface area contributed by atoms with E-state index >= 15 is 0 Å². The minimum Gasteiger partial charge on any atom is -0.374 e. The second-order valence-corrected chi connectivity index (χ2v) is 4.76. The summed E-state index contributed by atoms with van der Waals surface area (Å²) in [6.07, 6.45) is 1.48. The highest BCUT2D eigenvalue weighted by Crippen LogP contribution is 2.38. The van der Waals surface area contributed by atoms with E-state index in [0.717, 1.165) is 13.0 Å². The van der Waals surface area contributed by atoms with Gasteiger partial charge in [0, 0.05) is 12.2 Å². The van der Waals surface area contributed by atoms with Gasteiger partial charge in [0.15, 0.2) is 0 Å². The molecule has 3 heteroatoms. The van der Waals surface area contributed by atoms with Crippen LogP contribution in [-0.2, 0) is 4.74 Å². The second kappa shape index (κ2) is 3.75. The molecule has 2 saturated heterocycles. The van der Waals surface area contributed by atoms with Crippen molar-refractivity contribution in [2.75, 3.05) is 18.1 Å². The Kier molecular flexibility index (Phi) is 2.37. The highest BCUT2D eigenvalue weighted by molar-refractivity contribution is 5.56. The predicted octanol–water partition coefficient (Wildman–Crippen LogP) is 1.30. The third-order valence-electron chi connectivity index (χ3n) is 3.82. The van der Waals surface area contributed by atoms with Crippen molar-refractivity contribution >= 4 is 5.69 Å². The largest absolute Gasteiger partial charge is 0.374 e. The number of hydrogen-bond acceptors (Lipinski definition) is 3. The lowest BCUT2D eigenvalue weighted by Gasteiger charge is -2.37. The Hall–Kier alpha value is -1.06. The van der Waals surface area contributed by atoms with Crippen LogP contribution in [0.1, 0.15) is 12.0 Å². The molecular formula is C13H18N2O. The maximum atomic E-state index is 5.88. The van der Waals surface area contributed by atoms with Gasteiger partial charge in [-0.05, 0) is 25.0 Å². The Labute approximate surface area is 96.2 Å². The van der Waals surface area contributed by atoms with Gasteiger partial charge in [0.05, 0.1) is 24.8 Å². The summed E-state index contributed by atoms with van der Waals surface area (Å²) in [5.74, 6) is 0. The summed E-state index contributed by atoms with van der Waals surface area (Å²) < 4.78 is 5.73. The topological polar surface area (TPSA) is 38.5 Å². The Morgan fingerprint density at radius 2 is 2.25 bits per heavy atom. The molecule has 0 spiro atoms. The monoisotopic (exact) mass is 218 g/mol. The molecule has 16 heavy (non-hydrogen) atoms. The zero-order valence-electron chi connectivity index (χ0n) is 9.60. The number of fused-ring (bicyclic) bond motifs is 2. The van der Waals surface area contributed by atoms with Gasteiger partial charge in [0.2, 0.25) is 0 Å². The lowest BCUT2D eigenvalue weighted by Crippen LogP contribution is -2.49. The van der Waals surface area contributed by atoms with Gasteiger partial charge in [0.1, 0.15) is 0 Å². The number of hydrogen-bond donors (Lipinski definition) is 1. The van der Waals surface area contributed by atoms with Crippen LogP contribution in [0.15, 0.2) is 24.3 Å². The Bertz CT molecular complexity index is 393. The fraction of sp³-hybridized carbons (Fsp3) is 0.538. The van der Waals surface area contributed by atoms with Gasteiger partial charge in [-0.3, -0.25) is 0 Å². The van der Waals surface area contributed by atoms with Crippen molar-refractivity contribution in [1.29, 1.82) is 0 Å². The lowest BCUT2D eigenvalue weighted by atomic mass is 10.1. The van der Waals surface area contributed by atoms with Crippen LogP contribution < -0.4 is 10.6 Å². The number of nitrogens with two attached hydrogens (primary N) is 1. The second-order valence-electron chi connectivity index (χ2n) is 4.76. The molecule has 2 bridgehead atoms. The Balaban J connectivity index is 1.97. The lowest BCUT2D eigenvalue weighted by molar-refractivity contribution is 0.0720. The van der Waals surface area contributed by atoms with E-state index < -0.39 is 0 Å². The van der Waals surface area contributed by atoms with Crippen molar-refractivity contribution in [3.05, 3.63) is 29.8 Å². The first kappa shape index (κ1) is 10.1. The molecule has 2 aliphatic heterocycles. The molecule has 3 nitrogen and oxygen atoms in total. The van der Waals surface area contributed by atoms with Crippen LogP contribution in [0.25, 0.3) is 0 Å². The maximum Gasteiger partial charge on any atom is 0.0812 e. The summed E-state index contributed by atoms with van der Waals surface area (Å²) in [7, 11) is 0. The average molecular weight is 218 g/mol. The van der Waals surface area contributed by atoms with E-state index in [9.17, 15) is 0 Å². The highest BCUT2D eigenvalue weighted by atomic mass is 16.5. The first-order valence-electron chi connectivity index (χ1n) is 5.97. The summed E-state index contributed by atoms with van der Waals surface area (Å²) in [5, 5.41) is 0. The van der Waals surface area contributed by atoms with Gasteiger partial charge in [-0.15, -0.1) is 0 Å². The van der Waals surface area contributed by atoms with Crippen molar-refractivity contribution in [2.45, 2.75) is 31.5 Å². The van der Waals surface area contributed by atoms with Crippen LogP contribution in [-0.4, -0.2) is 31.3 Å². The van der Waals surface area contributed by atoms with Crippen molar-refractivity contribution in [1.82, 2.24) is 0 Å². The van der Waals surface area contributed by atoms with Crippen molar-refractivity contribution in [3.63, 3.8) is 0 Å². The van der Waals surface area contributed by atoms with E-state index in [-0.39, 0.29) is 0 Å². The van der Waals surface area contributed by atoms with Gasteiger partial charge >= 0.3 is 0 Å². The predicted molar refractivity (Wildman–Crippen MR) is 64.6 cm³/mol. The molecule has 0 aliphatic carbocycles. The number of nitrogens with zero attached hydrogens (tertiary/aromatic N) is 1. The molecular weight excluding hydrogens is 200 g/mol. The molecule has 2 heterocycles. The number of aryl methyl sites for hydroxylation is 1. The molecule has 0 saturated carbocycles. The third-order valence-corrected chi connectivity index (χ3v) is 3.82. The molecule has 2 fully saturated rings. The normalized spacial score (nSPS) is 32.4. The minimum atomic E-state index is 0.342. The standard InChI is InChI=1S/C13H18N2O/c1-9-4-2-3-5-11(9)15-10-6-13(16-8-10)12(15)7-14/h2-5,10,12-13H,6-8,14H2,1H3. The fourth-order valence-corrected chi connectivity index (χ4v) is 3.04. The van der Waals surface area contributed by atoms with Crippen LogP contribution in [0.4, 0.5) is 5.69 Å². The van der Waals surface area contributed by atoms with Crippen LogP contribution >= 0.6 is 0 Å². The van der Waals surface area contributed by atoms with E-state index in [1.54, 1.807) is 0 Å². The zero-order chi connectivity index (χ0) is 11.1. The molecule has 0 aromatic heterocycles. The van der Waals surface area contributed by atoms with E-state index in [1.165, 1.54) is 11.3 Å². The van der Waals surface area contributed by atoms with Crippen LogP contribution in [0.5, 0.6) is 0 Å². The van der Waals surface area contributed by atoms with Gasteiger partial charge in [0.25, 0.3) is 0 Å². The fourth-order valence-electron chi connectivity index (χ4n) is 3.04. The summed E-state index contributed by atoms with van der Waals surface area (Å²) >= 11 is 0. The molecule has 2 aliphatic rings. The number of benzene rings is 1. The minimum absolute atomic E-state index is 0.342.